The van der Waals surface area contributed by atoms with Crippen LogP contribution < -0.4 is 4.74 Å². The molecule has 96 valence electrons. The van der Waals surface area contributed by atoms with Crippen LogP contribution in [-0.4, -0.2) is 18.8 Å². The summed E-state index contributed by atoms with van der Waals surface area (Å²) in [4.78, 5) is 0. The lowest BCUT2D eigenvalue weighted by molar-refractivity contribution is 0.270. The Morgan fingerprint density at radius 1 is 1.18 bits per heavy atom. The quantitative estimate of drug-likeness (QED) is 0.818. The van der Waals surface area contributed by atoms with Crippen LogP contribution in [0, 0.1) is 13.8 Å². The van der Waals surface area contributed by atoms with Gasteiger partial charge in [-0.05, 0) is 55.4 Å². The first-order chi connectivity index (χ1) is 8.13. The number of aliphatic hydroxyl groups is 1. The molecule has 1 aromatic rings. The van der Waals surface area contributed by atoms with E-state index in [0.717, 1.165) is 25.0 Å². The summed E-state index contributed by atoms with van der Waals surface area (Å²) in [6.07, 6.45) is 3.03. The van der Waals surface area contributed by atoms with Crippen LogP contribution >= 0.6 is 0 Å². The van der Waals surface area contributed by atoms with E-state index in [1.54, 1.807) is 7.11 Å². The van der Waals surface area contributed by atoms with Gasteiger partial charge in [-0.2, -0.15) is 0 Å². The fourth-order valence-electron chi connectivity index (χ4n) is 2.27. The van der Waals surface area contributed by atoms with E-state index in [0.29, 0.717) is 5.92 Å². The molecule has 0 aromatic heterocycles. The molecular formula is C15H24O2. The van der Waals surface area contributed by atoms with Gasteiger partial charge in [0.25, 0.3) is 0 Å². The number of rotatable bonds is 6. The maximum Gasteiger partial charge on any atom is 0.122 e. The molecule has 0 bridgehead atoms. The minimum absolute atomic E-state index is 0.237. The number of hydrogen-bond donors (Lipinski definition) is 1. The number of benzene rings is 1. The monoisotopic (exact) mass is 236 g/mol. The Labute approximate surface area is 105 Å². The van der Waals surface area contributed by atoms with Crippen molar-refractivity contribution in [2.45, 2.75) is 46.0 Å². The van der Waals surface area contributed by atoms with Crippen LogP contribution in [0.5, 0.6) is 5.75 Å². The molecule has 0 saturated carbocycles. The Morgan fingerprint density at radius 3 is 2.35 bits per heavy atom. The summed E-state index contributed by atoms with van der Waals surface area (Å²) < 4.78 is 5.47. The average molecular weight is 236 g/mol. The Balaban J connectivity index is 3.11. The first-order valence-electron chi connectivity index (χ1n) is 6.40. The minimum atomic E-state index is 0.237. The molecule has 0 spiro atoms. The highest BCUT2D eigenvalue weighted by Gasteiger charge is 2.16. The lowest BCUT2D eigenvalue weighted by Gasteiger charge is -2.20. The molecule has 0 aliphatic carbocycles. The van der Waals surface area contributed by atoms with Gasteiger partial charge in [-0.25, -0.2) is 0 Å². The fraction of sp³-hybridized carbons (Fsp3) is 0.600. The van der Waals surface area contributed by atoms with Gasteiger partial charge in [0.2, 0.25) is 0 Å². The van der Waals surface area contributed by atoms with Gasteiger partial charge >= 0.3 is 0 Å². The van der Waals surface area contributed by atoms with Crippen LogP contribution in [0.15, 0.2) is 12.1 Å². The molecule has 1 rings (SSSR count). The van der Waals surface area contributed by atoms with Gasteiger partial charge in [0, 0.05) is 6.61 Å². The summed E-state index contributed by atoms with van der Waals surface area (Å²) in [6, 6.07) is 4.31. The maximum absolute atomic E-state index is 9.17. The molecule has 0 aliphatic heterocycles. The van der Waals surface area contributed by atoms with E-state index in [1.807, 2.05) is 0 Å². The first kappa shape index (κ1) is 14.0. The first-order valence-corrected chi connectivity index (χ1v) is 6.40. The number of ether oxygens (including phenoxy) is 1. The molecule has 1 N–H and O–H groups in total. The van der Waals surface area contributed by atoms with E-state index in [9.17, 15) is 5.11 Å². The average Bonchev–Trinajstić information content (AvgIpc) is 2.32. The van der Waals surface area contributed by atoms with Gasteiger partial charge in [0.15, 0.2) is 0 Å². The molecule has 0 radical (unpaired) electrons. The van der Waals surface area contributed by atoms with Crippen molar-refractivity contribution < 1.29 is 9.84 Å². The number of methoxy groups -OCH3 is 1. The molecule has 1 unspecified atom stereocenters. The summed E-state index contributed by atoms with van der Waals surface area (Å²) in [5.74, 6) is 1.36. The highest BCUT2D eigenvalue weighted by Crippen LogP contribution is 2.34. The zero-order chi connectivity index (χ0) is 12.8. The number of aryl methyl sites for hydroxylation is 2. The maximum atomic E-state index is 9.17. The summed E-state index contributed by atoms with van der Waals surface area (Å²) in [5.41, 5.74) is 3.79. The fourth-order valence-corrected chi connectivity index (χ4v) is 2.27. The van der Waals surface area contributed by atoms with Crippen molar-refractivity contribution in [1.82, 2.24) is 0 Å². The van der Waals surface area contributed by atoms with Crippen LogP contribution in [0.25, 0.3) is 0 Å². The molecule has 0 amide bonds. The van der Waals surface area contributed by atoms with Crippen molar-refractivity contribution in [1.29, 1.82) is 0 Å². The predicted molar refractivity (Wildman–Crippen MR) is 71.8 cm³/mol. The second-order valence-corrected chi connectivity index (χ2v) is 4.68. The zero-order valence-corrected chi connectivity index (χ0v) is 11.4. The number of aliphatic hydroxyl groups excluding tert-OH is 1. The van der Waals surface area contributed by atoms with Gasteiger partial charge in [-0.3, -0.25) is 0 Å². The van der Waals surface area contributed by atoms with Crippen LogP contribution in [0.3, 0.4) is 0 Å². The van der Waals surface area contributed by atoms with E-state index in [1.165, 1.54) is 16.7 Å². The molecule has 0 heterocycles. The van der Waals surface area contributed by atoms with E-state index < -0.39 is 0 Å². The van der Waals surface area contributed by atoms with Crippen LogP contribution in [0.1, 0.15) is 48.8 Å². The van der Waals surface area contributed by atoms with Crippen molar-refractivity contribution in [2.24, 2.45) is 0 Å². The molecule has 2 heteroatoms. The van der Waals surface area contributed by atoms with Crippen molar-refractivity contribution in [3.63, 3.8) is 0 Å². The second kappa shape index (κ2) is 6.65. The summed E-state index contributed by atoms with van der Waals surface area (Å²) in [6.45, 7) is 6.64. The Kier molecular flexibility index (Phi) is 5.49. The summed E-state index contributed by atoms with van der Waals surface area (Å²) >= 11 is 0. The van der Waals surface area contributed by atoms with Gasteiger partial charge in [-0.1, -0.05) is 19.4 Å². The van der Waals surface area contributed by atoms with Gasteiger partial charge in [0.1, 0.15) is 5.75 Å². The van der Waals surface area contributed by atoms with Crippen molar-refractivity contribution in [2.75, 3.05) is 13.7 Å². The number of hydrogen-bond acceptors (Lipinski definition) is 2. The second-order valence-electron chi connectivity index (χ2n) is 4.68. The van der Waals surface area contributed by atoms with Crippen LogP contribution in [0.2, 0.25) is 0 Å². The van der Waals surface area contributed by atoms with E-state index >= 15 is 0 Å². The Morgan fingerprint density at radius 2 is 1.82 bits per heavy atom. The smallest absolute Gasteiger partial charge is 0.122 e. The van der Waals surface area contributed by atoms with Crippen LogP contribution in [-0.2, 0) is 0 Å². The normalized spacial score (nSPS) is 12.5. The topological polar surface area (TPSA) is 29.5 Å². The van der Waals surface area contributed by atoms with Crippen molar-refractivity contribution >= 4 is 0 Å². The van der Waals surface area contributed by atoms with Crippen molar-refractivity contribution in [3.05, 3.63) is 28.8 Å². The van der Waals surface area contributed by atoms with Gasteiger partial charge in [0.05, 0.1) is 7.11 Å². The van der Waals surface area contributed by atoms with Crippen LogP contribution in [0.4, 0.5) is 0 Å². The molecule has 0 fully saturated rings. The summed E-state index contributed by atoms with van der Waals surface area (Å²) in [5, 5.41) is 9.17. The molecule has 17 heavy (non-hydrogen) atoms. The zero-order valence-electron chi connectivity index (χ0n) is 11.4. The van der Waals surface area contributed by atoms with E-state index in [2.05, 4.69) is 32.9 Å². The molecule has 1 aromatic carbocycles. The third-order valence-corrected chi connectivity index (χ3v) is 3.40. The molecule has 1 atom stereocenters. The minimum Gasteiger partial charge on any atom is -0.496 e. The van der Waals surface area contributed by atoms with Crippen molar-refractivity contribution in [3.8, 4) is 5.75 Å². The third kappa shape index (κ3) is 3.47. The predicted octanol–water partition coefficient (Wildman–Crippen LogP) is 3.58. The summed E-state index contributed by atoms with van der Waals surface area (Å²) in [7, 11) is 1.72. The van der Waals surface area contributed by atoms with Gasteiger partial charge < -0.3 is 9.84 Å². The van der Waals surface area contributed by atoms with E-state index in [4.69, 9.17) is 4.74 Å². The molecule has 0 saturated heterocycles. The lowest BCUT2D eigenvalue weighted by Crippen LogP contribution is -2.05. The molecular weight excluding hydrogens is 212 g/mol. The highest BCUT2D eigenvalue weighted by molar-refractivity contribution is 5.43. The Bertz CT molecular complexity index is 352. The Hall–Kier alpha value is -1.02. The van der Waals surface area contributed by atoms with E-state index in [-0.39, 0.29) is 6.61 Å². The standard InChI is InChI=1S/C15H24O2/c1-5-6-13(7-8-16)14-9-11(2)12(3)10-15(14)17-4/h9-10,13,16H,5-8H2,1-4H3. The van der Waals surface area contributed by atoms with Gasteiger partial charge in [-0.15, -0.1) is 0 Å². The molecule has 2 nitrogen and oxygen atoms in total. The third-order valence-electron chi connectivity index (χ3n) is 3.40. The highest BCUT2D eigenvalue weighted by atomic mass is 16.5. The largest absolute Gasteiger partial charge is 0.496 e. The molecule has 0 aliphatic rings. The SMILES string of the molecule is CCCC(CCO)c1cc(C)c(C)cc1OC. The lowest BCUT2D eigenvalue weighted by atomic mass is 9.89.